The van der Waals surface area contributed by atoms with Crippen LogP contribution < -0.4 is 26.0 Å². The number of fused-ring (bicyclic) bond motifs is 5. The molecule has 2 heterocycles. The highest BCUT2D eigenvalue weighted by atomic mass is 16.5. The van der Waals surface area contributed by atoms with Crippen molar-refractivity contribution in [1.82, 2.24) is 0 Å². The molecule has 42 heavy (non-hydrogen) atoms. The normalized spacial score (nSPS) is 15.3. The van der Waals surface area contributed by atoms with E-state index in [4.69, 9.17) is 4.74 Å². The number of ether oxygens (including phenoxy) is 1. The molecule has 4 aromatic rings. The summed E-state index contributed by atoms with van der Waals surface area (Å²) in [6, 6.07) is 23.8. The first-order valence-corrected chi connectivity index (χ1v) is 15.7. The second kappa shape index (κ2) is 8.79. The van der Waals surface area contributed by atoms with Gasteiger partial charge in [0.2, 0.25) is 0 Å². The maximum absolute atomic E-state index is 6.77. The van der Waals surface area contributed by atoms with E-state index in [2.05, 4.69) is 135 Å². The Labute approximate surface area is 253 Å². The van der Waals surface area contributed by atoms with Crippen LogP contribution in [0.15, 0.2) is 60.7 Å². The van der Waals surface area contributed by atoms with Gasteiger partial charge in [0.15, 0.2) is 0 Å². The molecule has 0 fully saturated rings. The molecule has 0 unspecified atom stereocenters. The Hall–Kier alpha value is -3.46. The Morgan fingerprint density at radius 3 is 1.81 bits per heavy atom. The van der Waals surface area contributed by atoms with Crippen LogP contribution >= 0.6 is 0 Å². The van der Waals surface area contributed by atoms with Gasteiger partial charge in [0.1, 0.15) is 11.5 Å². The SMILES string of the molecule is Cc1cc2c3c(c1)N(c1cc(C(C)(C)C)cc(C(C)(C)C)c1)c1cc4c(cc1B3c1cc(C(C)(C)C)ccc1O2)CC4. The van der Waals surface area contributed by atoms with Gasteiger partial charge in [0, 0.05) is 17.1 Å². The topological polar surface area (TPSA) is 12.5 Å². The molecule has 3 heteroatoms. The second-order valence-corrected chi connectivity index (χ2v) is 16.0. The predicted octanol–water partition coefficient (Wildman–Crippen LogP) is 8.39. The van der Waals surface area contributed by atoms with Crippen molar-refractivity contribution in [1.29, 1.82) is 0 Å². The second-order valence-electron chi connectivity index (χ2n) is 16.0. The monoisotopic (exact) mass is 553 g/mol. The van der Waals surface area contributed by atoms with E-state index in [1.54, 1.807) is 0 Å². The highest BCUT2D eigenvalue weighted by Crippen LogP contribution is 2.45. The van der Waals surface area contributed by atoms with Crippen LogP contribution in [0.25, 0.3) is 0 Å². The van der Waals surface area contributed by atoms with E-state index >= 15 is 0 Å². The van der Waals surface area contributed by atoms with Crippen molar-refractivity contribution < 1.29 is 4.74 Å². The first-order valence-electron chi connectivity index (χ1n) is 15.7. The van der Waals surface area contributed by atoms with Crippen LogP contribution in [0.5, 0.6) is 11.5 Å². The van der Waals surface area contributed by atoms with Crippen LogP contribution in [-0.4, -0.2) is 6.71 Å². The van der Waals surface area contributed by atoms with Crippen LogP contribution in [0.3, 0.4) is 0 Å². The summed E-state index contributed by atoms with van der Waals surface area (Å²) in [5, 5.41) is 0. The molecule has 0 amide bonds. The Kier molecular flexibility index (Phi) is 5.73. The summed E-state index contributed by atoms with van der Waals surface area (Å²) in [5.74, 6) is 1.98. The average Bonchev–Trinajstić information content (AvgIpc) is 2.87. The van der Waals surface area contributed by atoms with Crippen LogP contribution in [-0.2, 0) is 29.1 Å². The number of hydrogen-bond donors (Lipinski definition) is 0. The largest absolute Gasteiger partial charge is 0.458 e. The first-order chi connectivity index (χ1) is 19.6. The highest BCUT2D eigenvalue weighted by Gasteiger charge is 2.43. The maximum Gasteiger partial charge on any atom is 0.256 e. The molecule has 0 aromatic heterocycles. The summed E-state index contributed by atoms with van der Waals surface area (Å²) in [6.45, 7) is 23.2. The van der Waals surface area contributed by atoms with Crippen molar-refractivity contribution in [2.24, 2.45) is 0 Å². The van der Waals surface area contributed by atoms with Crippen molar-refractivity contribution in [3.05, 3.63) is 94.0 Å². The molecule has 0 bridgehead atoms. The van der Waals surface area contributed by atoms with Gasteiger partial charge in [-0.1, -0.05) is 86.6 Å². The van der Waals surface area contributed by atoms with E-state index < -0.39 is 0 Å². The third kappa shape index (κ3) is 4.22. The van der Waals surface area contributed by atoms with Crippen molar-refractivity contribution in [2.75, 3.05) is 4.90 Å². The molecule has 0 saturated heterocycles. The number of anilines is 3. The number of hydrogen-bond acceptors (Lipinski definition) is 2. The van der Waals surface area contributed by atoms with Gasteiger partial charge >= 0.3 is 0 Å². The van der Waals surface area contributed by atoms with Gasteiger partial charge in [-0.15, -0.1) is 0 Å². The number of benzene rings is 4. The van der Waals surface area contributed by atoms with Gasteiger partial charge in [-0.05, 0) is 122 Å². The quantitative estimate of drug-likeness (QED) is 0.190. The highest BCUT2D eigenvalue weighted by molar-refractivity contribution is 6.99. The number of rotatable bonds is 1. The molecule has 0 radical (unpaired) electrons. The van der Waals surface area contributed by atoms with Crippen molar-refractivity contribution in [3.8, 4) is 11.5 Å². The fourth-order valence-corrected chi connectivity index (χ4v) is 6.93. The fraction of sp³-hybridized carbons (Fsp3) is 0.385. The zero-order valence-corrected chi connectivity index (χ0v) is 27.1. The van der Waals surface area contributed by atoms with Gasteiger partial charge in [-0.25, -0.2) is 0 Å². The Bertz CT molecular complexity index is 1740. The number of nitrogens with zero attached hydrogens (tertiary/aromatic N) is 1. The lowest BCUT2D eigenvalue weighted by Gasteiger charge is -2.42. The van der Waals surface area contributed by atoms with Crippen molar-refractivity contribution in [3.63, 3.8) is 0 Å². The minimum absolute atomic E-state index is 0.0368. The zero-order valence-electron chi connectivity index (χ0n) is 27.1. The summed E-state index contributed by atoms with van der Waals surface area (Å²) in [4.78, 5) is 2.56. The maximum atomic E-state index is 6.77. The standard InChI is InChI=1S/C39H44BNO/c1-23-15-33-36-35(16-23)42-34-14-13-26(37(2,3)4)22-31(34)40(36)30-17-24-11-12-25(24)18-32(30)41(33)29-20-27(38(5,6)7)19-28(21-29)39(8,9)10/h13-22H,11-12H2,1-10H3. The Balaban J connectivity index is 1.55. The lowest BCUT2D eigenvalue weighted by atomic mass is 9.33. The third-order valence-corrected chi connectivity index (χ3v) is 9.67. The molecule has 0 atom stereocenters. The summed E-state index contributed by atoms with van der Waals surface area (Å²) in [6.07, 6.45) is 2.33. The fourth-order valence-electron chi connectivity index (χ4n) is 6.93. The molecule has 2 nitrogen and oxygen atoms in total. The van der Waals surface area contributed by atoms with Crippen molar-refractivity contribution in [2.45, 2.75) is 98.3 Å². The van der Waals surface area contributed by atoms with E-state index in [9.17, 15) is 0 Å². The minimum atomic E-state index is 0.0368. The zero-order chi connectivity index (χ0) is 29.9. The molecule has 3 aliphatic rings. The van der Waals surface area contributed by atoms with E-state index in [0.29, 0.717) is 0 Å². The molecule has 2 aliphatic heterocycles. The Morgan fingerprint density at radius 2 is 1.21 bits per heavy atom. The van der Waals surface area contributed by atoms with Crippen LogP contribution in [0.1, 0.15) is 95.7 Å². The van der Waals surface area contributed by atoms with Gasteiger partial charge in [-0.2, -0.15) is 0 Å². The minimum Gasteiger partial charge on any atom is -0.458 e. The number of aryl methyl sites for hydroxylation is 3. The Morgan fingerprint density at radius 1 is 0.595 bits per heavy atom. The smallest absolute Gasteiger partial charge is 0.256 e. The van der Waals surface area contributed by atoms with Gasteiger partial charge in [-0.3, -0.25) is 0 Å². The van der Waals surface area contributed by atoms with Gasteiger partial charge in [0.25, 0.3) is 6.71 Å². The van der Waals surface area contributed by atoms with Crippen LogP contribution in [0, 0.1) is 6.92 Å². The van der Waals surface area contributed by atoms with E-state index in [1.165, 1.54) is 73.3 Å². The predicted molar refractivity (Wildman–Crippen MR) is 181 cm³/mol. The van der Waals surface area contributed by atoms with E-state index in [-0.39, 0.29) is 23.0 Å². The molecule has 214 valence electrons. The molecule has 1 aliphatic carbocycles. The lowest BCUT2D eigenvalue weighted by Crippen LogP contribution is -2.60. The average molecular weight is 554 g/mol. The van der Waals surface area contributed by atoms with Gasteiger partial charge in [0.05, 0.1) is 0 Å². The molecule has 0 N–H and O–H groups in total. The van der Waals surface area contributed by atoms with Crippen LogP contribution in [0.2, 0.25) is 0 Å². The first kappa shape index (κ1) is 27.4. The molecule has 0 saturated carbocycles. The lowest BCUT2D eigenvalue weighted by molar-refractivity contribution is 0.486. The van der Waals surface area contributed by atoms with Gasteiger partial charge < -0.3 is 9.64 Å². The molecular weight excluding hydrogens is 509 g/mol. The summed E-state index contributed by atoms with van der Waals surface area (Å²) < 4.78 is 6.77. The van der Waals surface area contributed by atoms with E-state index in [1.807, 2.05) is 0 Å². The summed E-state index contributed by atoms with van der Waals surface area (Å²) >= 11 is 0. The molecule has 0 spiro atoms. The van der Waals surface area contributed by atoms with E-state index in [0.717, 1.165) is 17.9 Å². The van der Waals surface area contributed by atoms with Crippen molar-refractivity contribution >= 4 is 40.2 Å². The molecule has 4 aromatic carbocycles. The third-order valence-electron chi connectivity index (χ3n) is 9.67. The molecular formula is C39H44BNO. The molecule has 7 rings (SSSR count). The van der Waals surface area contributed by atoms with Crippen LogP contribution in [0.4, 0.5) is 17.1 Å². The summed E-state index contributed by atoms with van der Waals surface area (Å²) in [7, 11) is 0. The summed E-state index contributed by atoms with van der Waals surface area (Å²) in [5.41, 5.74) is 16.2.